The summed E-state index contributed by atoms with van der Waals surface area (Å²) in [6.07, 6.45) is 1.32. The maximum Gasteiger partial charge on any atom is 0.0722 e. The van der Waals surface area contributed by atoms with E-state index in [1.54, 1.807) is 0 Å². The molecule has 62 valence electrons. The molecule has 0 aromatic rings. The zero-order valence-corrected chi connectivity index (χ0v) is 9.25. The number of thiol groups is 1. The van der Waals surface area contributed by atoms with Crippen molar-refractivity contribution in [3.63, 3.8) is 0 Å². The van der Waals surface area contributed by atoms with Gasteiger partial charge in [0.05, 0.1) is 6.16 Å². The second-order valence-electron chi connectivity index (χ2n) is 3.56. The molecule has 0 aliphatic carbocycles. The normalized spacial score (nSPS) is 12.6. The molecule has 0 aliphatic heterocycles. The van der Waals surface area contributed by atoms with E-state index < -0.39 is 7.26 Å². The van der Waals surface area contributed by atoms with Gasteiger partial charge in [0.15, 0.2) is 0 Å². The topological polar surface area (TPSA) is 3.24 Å². The molecule has 0 aromatic heterocycles. The van der Waals surface area contributed by atoms with Gasteiger partial charge in [0.25, 0.3) is 0 Å². The Morgan fingerprint density at radius 3 is 2.10 bits per heavy atom. The lowest BCUT2D eigenvalue weighted by Crippen LogP contribution is -2.17. The summed E-state index contributed by atoms with van der Waals surface area (Å²) >= 11 is 4.29. The van der Waals surface area contributed by atoms with Crippen LogP contribution < -0.4 is 0 Å². The summed E-state index contributed by atoms with van der Waals surface area (Å²) in [5.41, 5.74) is 0. The second kappa shape index (κ2) is 4.58. The van der Waals surface area contributed by atoms with Gasteiger partial charge in [0.2, 0.25) is 0 Å². The Balaban J connectivity index is 3.36. The molecule has 0 heterocycles. The lowest BCUT2D eigenvalue weighted by Gasteiger charge is -2.16. The molecule has 10 heavy (non-hydrogen) atoms. The van der Waals surface area contributed by atoms with E-state index in [-0.39, 0.29) is 0 Å². The van der Waals surface area contributed by atoms with E-state index in [2.05, 4.69) is 44.0 Å². The molecule has 3 heteroatoms. The Labute approximate surface area is 71.1 Å². The molecule has 0 fully saturated rings. The van der Waals surface area contributed by atoms with Crippen molar-refractivity contribution in [1.82, 2.24) is 4.31 Å². The van der Waals surface area contributed by atoms with Gasteiger partial charge in [-0.15, -0.1) is 0 Å². The van der Waals surface area contributed by atoms with Crippen LogP contribution in [0, 0.1) is 0 Å². The number of hydrogen-bond acceptors (Lipinski definition) is 2. The molecule has 0 aromatic carbocycles. The van der Waals surface area contributed by atoms with Gasteiger partial charge in [-0.05, 0) is 0 Å². The Morgan fingerprint density at radius 1 is 1.30 bits per heavy atom. The van der Waals surface area contributed by atoms with Gasteiger partial charge >= 0.3 is 0 Å². The third kappa shape index (κ3) is 6.85. The molecule has 0 saturated heterocycles. The van der Waals surface area contributed by atoms with Gasteiger partial charge in [-0.1, -0.05) is 19.7 Å². The summed E-state index contributed by atoms with van der Waals surface area (Å²) in [5, 5.41) is 0. The fraction of sp³-hybridized carbons (Fsp3) is 1.00. The monoisotopic (exact) mass is 180 g/mol. The zero-order chi connectivity index (χ0) is 8.20. The van der Waals surface area contributed by atoms with Crippen molar-refractivity contribution in [2.24, 2.45) is 0 Å². The van der Waals surface area contributed by atoms with Crippen molar-refractivity contribution < 1.29 is 0 Å². The molecular weight excluding hydrogens is 161 g/mol. The summed E-state index contributed by atoms with van der Waals surface area (Å²) in [7, 11) is -0.573. The first-order valence-corrected chi connectivity index (χ1v) is 7.41. The Kier molecular flexibility index (Phi) is 4.92. The summed E-state index contributed by atoms with van der Waals surface area (Å²) in [4.78, 5) is 0. The van der Waals surface area contributed by atoms with Crippen LogP contribution in [0.3, 0.4) is 0 Å². The summed E-state index contributed by atoms with van der Waals surface area (Å²) in [5.74, 6) is 0. The molecule has 0 aliphatic rings. The number of hydrogen-bond donors (Lipinski definition) is 1. The van der Waals surface area contributed by atoms with E-state index in [0.717, 1.165) is 13.1 Å². The van der Waals surface area contributed by atoms with Gasteiger partial charge < -0.3 is 0 Å². The van der Waals surface area contributed by atoms with Gasteiger partial charge in [0, 0.05) is 40.3 Å². The molecule has 0 atom stereocenters. The molecular formula is C7H19NPS+. The largest absolute Gasteiger partial charge is 0.250 e. The predicted octanol–water partition coefficient (Wildman–Crippen LogP) is 2.06. The van der Waals surface area contributed by atoms with Gasteiger partial charge in [-0.2, -0.15) is 0 Å². The van der Waals surface area contributed by atoms with Gasteiger partial charge in [-0.25, -0.2) is 4.31 Å². The fourth-order valence-corrected chi connectivity index (χ4v) is 1.67. The maximum atomic E-state index is 4.29. The Morgan fingerprint density at radius 2 is 1.80 bits per heavy atom. The zero-order valence-electron chi connectivity index (χ0n) is 7.46. The minimum absolute atomic E-state index is 0.573. The van der Waals surface area contributed by atoms with Crippen LogP contribution in [0.1, 0.15) is 6.92 Å². The highest BCUT2D eigenvalue weighted by molar-refractivity contribution is 7.77. The highest BCUT2D eigenvalue weighted by atomic mass is 32.1. The summed E-state index contributed by atoms with van der Waals surface area (Å²) in [6.45, 7) is 11.4. The van der Waals surface area contributed by atoms with Crippen LogP contribution in [0.4, 0.5) is 0 Å². The molecule has 0 N–H and O–H groups in total. The van der Waals surface area contributed by atoms with E-state index >= 15 is 0 Å². The Hall–Kier alpha value is 0.740. The first-order valence-electron chi connectivity index (χ1n) is 3.70. The van der Waals surface area contributed by atoms with Crippen molar-refractivity contribution in [3.05, 3.63) is 0 Å². The average molecular weight is 180 g/mol. The number of rotatable bonds is 4. The van der Waals surface area contributed by atoms with E-state index in [9.17, 15) is 0 Å². The third-order valence-electron chi connectivity index (χ3n) is 1.39. The SMILES string of the molecule is CCN(S)CC[P+](C)(C)C. The summed E-state index contributed by atoms with van der Waals surface area (Å²) in [6, 6.07) is 0. The van der Waals surface area contributed by atoms with E-state index in [4.69, 9.17) is 0 Å². The van der Waals surface area contributed by atoms with Crippen LogP contribution >= 0.6 is 20.1 Å². The molecule has 0 rings (SSSR count). The molecule has 0 radical (unpaired) electrons. The van der Waals surface area contributed by atoms with Gasteiger partial charge in [-0.3, -0.25) is 0 Å². The van der Waals surface area contributed by atoms with Crippen molar-refractivity contribution in [2.45, 2.75) is 6.92 Å². The van der Waals surface area contributed by atoms with Crippen LogP contribution in [0.2, 0.25) is 0 Å². The molecule has 0 saturated carbocycles. The van der Waals surface area contributed by atoms with Gasteiger partial charge in [0.1, 0.15) is 0 Å². The van der Waals surface area contributed by atoms with E-state index in [1.165, 1.54) is 6.16 Å². The van der Waals surface area contributed by atoms with Crippen molar-refractivity contribution in [3.8, 4) is 0 Å². The molecule has 1 nitrogen and oxygen atoms in total. The quantitative estimate of drug-likeness (QED) is 0.512. The minimum Gasteiger partial charge on any atom is -0.250 e. The maximum absolute atomic E-state index is 4.29. The molecule has 0 amide bonds. The highest BCUT2D eigenvalue weighted by Gasteiger charge is 2.16. The fourth-order valence-electron chi connectivity index (χ4n) is 0.574. The lowest BCUT2D eigenvalue weighted by molar-refractivity contribution is 0.534. The van der Waals surface area contributed by atoms with Crippen LogP contribution in [0.25, 0.3) is 0 Å². The van der Waals surface area contributed by atoms with Crippen molar-refractivity contribution in [2.75, 3.05) is 39.2 Å². The second-order valence-corrected chi connectivity index (χ2v) is 9.15. The standard InChI is InChI=1S/C7H19NPS/c1-5-8(10)6-7-9(2,3)4/h10H,5-7H2,1-4H3/q+1. The number of nitrogens with zero attached hydrogens (tertiary/aromatic N) is 1. The Bertz CT molecular complexity index is 90.1. The lowest BCUT2D eigenvalue weighted by atomic mass is 10.7. The molecule has 0 spiro atoms. The molecule has 0 unspecified atom stereocenters. The van der Waals surface area contributed by atoms with Crippen molar-refractivity contribution >= 4 is 20.1 Å². The van der Waals surface area contributed by atoms with Crippen molar-refractivity contribution in [1.29, 1.82) is 0 Å². The highest BCUT2D eigenvalue weighted by Crippen LogP contribution is 2.45. The average Bonchev–Trinajstić information content (AvgIpc) is 1.81. The van der Waals surface area contributed by atoms with Crippen LogP contribution in [-0.2, 0) is 0 Å². The van der Waals surface area contributed by atoms with E-state index in [1.807, 2.05) is 0 Å². The first kappa shape index (κ1) is 10.7. The smallest absolute Gasteiger partial charge is 0.0722 e. The summed E-state index contributed by atoms with van der Waals surface area (Å²) < 4.78 is 2.07. The van der Waals surface area contributed by atoms with Crippen LogP contribution in [-0.4, -0.2) is 43.6 Å². The first-order chi connectivity index (χ1) is 4.45. The van der Waals surface area contributed by atoms with E-state index in [0.29, 0.717) is 0 Å². The van der Waals surface area contributed by atoms with Crippen LogP contribution in [0.5, 0.6) is 0 Å². The third-order valence-corrected chi connectivity index (χ3v) is 3.42. The van der Waals surface area contributed by atoms with Crippen LogP contribution in [0.15, 0.2) is 0 Å². The molecule has 0 bridgehead atoms. The predicted molar refractivity (Wildman–Crippen MR) is 55.8 cm³/mol. The minimum atomic E-state index is -0.573.